The van der Waals surface area contributed by atoms with Crippen molar-refractivity contribution in [1.29, 1.82) is 0 Å². The molecule has 3 nitrogen and oxygen atoms in total. The zero-order chi connectivity index (χ0) is 14.7. The van der Waals surface area contributed by atoms with Gasteiger partial charge in [0.15, 0.2) is 0 Å². The van der Waals surface area contributed by atoms with Crippen LogP contribution in [-0.2, 0) is 0 Å². The van der Waals surface area contributed by atoms with Crippen LogP contribution in [0.1, 0.15) is 34.5 Å². The molecule has 0 aliphatic heterocycles. The molecule has 0 saturated carbocycles. The van der Waals surface area contributed by atoms with Crippen LogP contribution < -0.4 is 11.1 Å². The van der Waals surface area contributed by atoms with E-state index in [4.69, 9.17) is 17.3 Å². The highest BCUT2D eigenvalue weighted by Crippen LogP contribution is 2.27. The third-order valence-electron chi connectivity index (χ3n) is 3.20. The maximum atomic E-state index is 11.2. The molecule has 0 spiro atoms. The van der Waals surface area contributed by atoms with Gasteiger partial charge in [-0.05, 0) is 37.6 Å². The van der Waals surface area contributed by atoms with Crippen molar-refractivity contribution in [3.8, 4) is 0 Å². The second-order valence-electron chi connectivity index (χ2n) is 4.84. The lowest BCUT2D eigenvalue weighted by atomic mass is 10.1. The van der Waals surface area contributed by atoms with Crippen molar-refractivity contribution in [2.45, 2.75) is 19.9 Å². The fourth-order valence-corrected chi connectivity index (χ4v) is 2.13. The fourth-order valence-electron chi connectivity index (χ4n) is 1.96. The number of anilines is 1. The highest BCUT2D eigenvalue weighted by molar-refractivity contribution is 6.33. The summed E-state index contributed by atoms with van der Waals surface area (Å²) in [4.78, 5) is 11.2. The van der Waals surface area contributed by atoms with Crippen LogP contribution in [0.2, 0.25) is 5.02 Å². The lowest BCUT2D eigenvalue weighted by Crippen LogP contribution is -2.12. The second kappa shape index (κ2) is 5.97. The molecule has 1 atom stereocenters. The zero-order valence-electron chi connectivity index (χ0n) is 11.5. The summed E-state index contributed by atoms with van der Waals surface area (Å²) in [5, 5.41) is 3.87. The Kier molecular flexibility index (Phi) is 4.30. The van der Waals surface area contributed by atoms with Gasteiger partial charge in [-0.3, -0.25) is 4.79 Å². The zero-order valence-corrected chi connectivity index (χ0v) is 12.2. The van der Waals surface area contributed by atoms with Crippen molar-refractivity contribution >= 4 is 23.2 Å². The molecule has 104 valence electrons. The van der Waals surface area contributed by atoms with Crippen LogP contribution in [0, 0.1) is 6.92 Å². The van der Waals surface area contributed by atoms with Crippen LogP contribution >= 0.6 is 11.6 Å². The Morgan fingerprint density at radius 3 is 2.45 bits per heavy atom. The van der Waals surface area contributed by atoms with Crippen molar-refractivity contribution in [3.63, 3.8) is 0 Å². The van der Waals surface area contributed by atoms with E-state index in [1.165, 1.54) is 5.56 Å². The average molecular weight is 289 g/mol. The Morgan fingerprint density at radius 2 is 1.85 bits per heavy atom. The minimum Gasteiger partial charge on any atom is -0.377 e. The number of carbonyl (C=O) groups is 1. The summed E-state index contributed by atoms with van der Waals surface area (Å²) in [6.45, 7) is 4.09. The number of aryl methyl sites for hydroxylation is 1. The number of carbonyl (C=O) groups excluding carboxylic acids is 1. The molecule has 0 aliphatic rings. The summed E-state index contributed by atoms with van der Waals surface area (Å²) in [7, 11) is 0. The van der Waals surface area contributed by atoms with E-state index in [0.717, 1.165) is 5.56 Å². The summed E-state index contributed by atoms with van der Waals surface area (Å²) in [6.07, 6.45) is 0. The van der Waals surface area contributed by atoms with Crippen LogP contribution in [-0.4, -0.2) is 5.91 Å². The average Bonchev–Trinajstić information content (AvgIpc) is 2.41. The predicted octanol–water partition coefficient (Wildman–Crippen LogP) is 3.92. The van der Waals surface area contributed by atoms with Gasteiger partial charge in [0.1, 0.15) is 0 Å². The maximum Gasteiger partial charge on any atom is 0.248 e. The number of nitrogens with two attached hydrogens (primary N) is 1. The minimum atomic E-state index is -0.465. The molecular weight excluding hydrogens is 272 g/mol. The molecule has 0 fully saturated rings. The Morgan fingerprint density at radius 1 is 1.20 bits per heavy atom. The highest BCUT2D eigenvalue weighted by atomic mass is 35.5. The van der Waals surface area contributed by atoms with Crippen LogP contribution in [0.5, 0.6) is 0 Å². The van der Waals surface area contributed by atoms with Gasteiger partial charge in [0.05, 0.1) is 10.7 Å². The molecule has 0 radical (unpaired) electrons. The second-order valence-corrected chi connectivity index (χ2v) is 5.24. The molecular formula is C16H17ClN2O. The van der Waals surface area contributed by atoms with E-state index in [2.05, 4.69) is 36.5 Å². The van der Waals surface area contributed by atoms with Gasteiger partial charge in [-0.25, -0.2) is 0 Å². The van der Waals surface area contributed by atoms with Gasteiger partial charge in [0.2, 0.25) is 5.91 Å². The van der Waals surface area contributed by atoms with Crippen LogP contribution in [0.25, 0.3) is 0 Å². The number of halogens is 1. The molecule has 1 unspecified atom stereocenters. The Labute approximate surface area is 123 Å². The monoisotopic (exact) mass is 288 g/mol. The lowest BCUT2D eigenvalue weighted by Gasteiger charge is -2.17. The van der Waals surface area contributed by atoms with Gasteiger partial charge in [0, 0.05) is 11.6 Å². The summed E-state index contributed by atoms with van der Waals surface area (Å²) in [6, 6.07) is 13.3. The van der Waals surface area contributed by atoms with Gasteiger partial charge in [0.25, 0.3) is 0 Å². The van der Waals surface area contributed by atoms with Gasteiger partial charge in [-0.2, -0.15) is 0 Å². The Bertz CT molecular complexity index is 623. The normalized spacial score (nSPS) is 11.9. The highest BCUT2D eigenvalue weighted by Gasteiger charge is 2.10. The first-order chi connectivity index (χ1) is 9.47. The fraction of sp³-hybridized carbons (Fsp3) is 0.188. The first-order valence-corrected chi connectivity index (χ1v) is 6.77. The molecule has 4 heteroatoms. The number of benzene rings is 2. The number of primary amides is 1. The molecule has 1 amide bonds. The standard InChI is InChI=1S/C16H17ClN2O/c1-10-3-5-12(6-4-10)11(2)19-15-9-13(16(18)20)7-8-14(15)17/h3-9,11,19H,1-2H3,(H2,18,20). The Balaban J connectivity index is 2.22. The molecule has 2 rings (SSSR count). The van der Waals surface area contributed by atoms with E-state index in [1.54, 1.807) is 18.2 Å². The molecule has 0 saturated heterocycles. The maximum absolute atomic E-state index is 11.2. The molecule has 0 aromatic heterocycles. The van der Waals surface area contributed by atoms with Gasteiger partial charge in [-0.1, -0.05) is 41.4 Å². The van der Waals surface area contributed by atoms with Crippen molar-refractivity contribution in [1.82, 2.24) is 0 Å². The van der Waals surface area contributed by atoms with Crippen LogP contribution in [0.4, 0.5) is 5.69 Å². The van der Waals surface area contributed by atoms with Crippen molar-refractivity contribution in [2.24, 2.45) is 5.73 Å². The molecule has 0 heterocycles. The van der Waals surface area contributed by atoms with Gasteiger partial charge in [-0.15, -0.1) is 0 Å². The van der Waals surface area contributed by atoms with Crippen LogP contribution in [0.15, 0.2) is 42.5 Å². The number of nitrogens with one attached hydrogen (secondary N) is 1. The Hall–Kier alpha value is -2.00. The number of hydrogen-bond donors (Lipinski definition) is 2. The largest absolute Gasteiger partial charge is 0.377 e. The summed E-state index contributed by atoms with van der Waals surface area (Å²) < 4.78 is 0. The van der Waals surface area contributed by atoms with E-state index in [-0.39, 0.29) is 6.04 Å². The van der Waals surface area contributed by atoms with Crippen molar-refractivity contribution in [2.75, 3.05) is 5.32 Å². The third-order valence-corrected chi connectivity index (χ3v) is 3.53. The SMILES string of the molecule is Cc1ccc(C(C)Nc2cc(C(N)=O)ccc2Cl)cc1. The summed E-state index contributed by atoms with van der Waals surface area (Å²) >= 11 is 6.14. The van der Waals surface area contributed by atoms with E-state index in [1.807, 2.05) is 6.92 Å². The summed E-state index contributed by atoms with van der Waals surface area (Å²) in [5.41, 5.74) is 8.79. The number of rotatable bonds is 4. The molecule has 20 heavy (non-hydrogen) atoms. The minimum absolute atomic E-state index is 0.0798. The summed E-state index contributed by atoms with van der Waals surface area (Å²) in [5.74, 6) is -0.465. The number of hydrogen-bond acceptors (Lipinski definition) is 2. The van der Waals surface area contributed by atoms with Crippen molar-refractivity contribution in [3.05, 3.63) is 64.2 Å². The van der Waals surface area contributed by atoms with Gasteiger partial charge < -0.3 is 11.1 Å². The molecule has 2 aromatic rings. The van der Waals surface area contributed by atoms with E-state index >= 15 is 0 Å². The molecule has 0 aliphatic carbocycles. The number of amides is 1. The molecule has 0 bridgehead atoms. The lowest BCUT2D eigenvalue weighted by molar-refractivity contribution is 0.100. The smallest absolute Gasteiger partial charge is 0.248 e. The van der Waals surface area contributed by atoms with Crippen molar-refractivity contribution < 1.29 is 4.79 Å². The first-order valence-electron chi connectivity index (χ1n) is 6.40. The first kappa shape index (κ1) is 14.4. The molecule has 3 N–H and O–H groups in total. The van der Waals surface area contributed by atoms with E-state index < -0.39 is 5.91 Å². The van der Waals surface area contributed by atoms with E-state index in [0.29, 0.717) is 16.3 Å². The topological polar surface area (TPSA) is 55.1 Å². The quantitative estimate of drug-likeness (QED) is 0.896. The molecule has 2 aromatic carbocycles. The third kappa shape index (κ3) is 3.31. The van der Waals surface area contributed by atoms with E-state index in [9.17, 15) is 4.79 Å². The predicted molar refractivity (Wildman–Crippen MR) is 83.2 cm³/mol. The van der Waals surface area contributed by atoms with Crippen LogP contribution in [0.3, 0.4) is 0 Å². The van der Waals surface area contributed by atoms with Gasteiger partial charge >= 0.3 is 0 Å².